The van der Waals surface area contributed by atoms with Gasteiger partial charge in [0.1, 0.15) is 0 Å². The minimum atomic E-state index is 1.22. The summed E-state index contributed by atoms with van der Waals surface area (Å²) in [5, 5.41) is 0. The lowest BCUT2D eigenvalue weighted by molar-refractivity contribution is 1.18. The van der Waals surface area contributed by atoms with Crippen molar-refractivity contribution in [2.45, 2.75) is 0 Å². The van der Waals surface area contributed by atoms with Gasteiger partial charge in [0.15, 0.2) is 0 Å². The molecular formula is C12H11N. The van der Waals surface area contributed by atoms with E-state index in [0.29, 0.717) is 0 Å². The molecule has 0 saturated carbocycles. The van der Waals surface area contributed by atoms with Crippen molar-refractivity contribution < 1.29 is 0 Å². The zero-order chi connectivity index (χ0) is 9.10. The molecule has 0 spiro atoms. The Bertz CT molecular complexity index is 398. The molecule has 0 bridgehead atoms. The average Bonchev–Trinajstić information content (AvgIpc) is 2.67. The Morgan fingerprint density at radius 3 is 2.38 bits per heavy atom. The average molecular weight is 169 g/mol. The van der Waals surface area contributed by atoms with Gasteiger partial charge in [0.2, 0.25) is 0 Å². The molecule has 0 aliphatic carbocycles. The van der Waals surface area contributed by atoms with E-state index in [1.807, 2.05) is 29.0 Å². The first-order valence-electron chi connectivity index (χ1n) is 4.25. The van der Waals surface area contributed by atoms with Crippen molar-refractivity contribution in [2.24, 2.45) is 0 Å². The Hall–Kier alpha value is -1.76. The Labute approximate surface area is 77.9 Å². The third kappa shape index (κ3) is 1.54. The van der Waals surface area contributed by atoms with Gasteiger partial charge in [-0.1, -0.05) is 36.9 Å². The SMILES string of the molecule is C=Cn1ccc(-c2ccccc2)c1. The summed E-state index contributed by atoms with van der Waals surface area (Å²) in [5.74, 6) is 0. The van der Waals surface area contributed by atoms with Gasteiger partial charge in [-0.25, -0.2) is 0 Å². The molecule has 0 unspecified atom stereocenters. The lowest BCUT2D eigenvalue weighted by Crippen LogP contribution is -1.76. The number of hydrogen-bond acceptors (Lipinski definition) is 0. The van der Waals surface area contributed by atoms with Crippen LogP contribution in [0.1, 0.15) is 0 Å². The van der Waals surface area contributed by atoms with E-state index in [0.717, 1.165) is 0 Å². The Morgan fingerprint density at radius 1 is 1.00 bits per heavy atom. The van der Waals surface area contributed by atoms with Gasteiger partial charge in [-0.2, -0.15) is 0 Å². The van der Waals surface area contributed by atoms with Gasteiger partial charge in [-0.3, -0.25) is 0 Å². The van der Waals surface area contributed by atoms with Crippen molar-refractivity contribution in [1.82, 2.24) is 4.57 Å². The number of rotatable bonds is 2. The maximum Gasteiger partial charge on any atom is 0.0161 e. The van der Waals surface area contributed by atoms with Crippen LogP contribution in [0.4, 0.5) is 0 Å². The third-order valence-corrected chi connectivity index (χ3v) is 2.03. The van der Waals surface area contributed by atoms with E-state index in [1.54, 1.807) is 6.20 Å². The fourth-order valence-electron chi connectivity index (χ4n) is 1.33. The van der Waals surface area contributed by atoms with Gasteiger partial charge in [0.25, 0.3) is 0 Å². The van der Waals surface area contributed by atoms with Crippen LogP contribution in [-0.2, 0) is 0 Å². The van der Waals surface area contributed by atoms with E-state index >= 15 is 0 Å². The molecule has 13 heavy (non-hydrogen) atoms. The van der Waals surface area contributed by atoms with Gasteiger partial charge in [-0.05, 0) is 17.2 Å². The summed E-state index contributed by atoms with van der Waals surface area (Å²) in [6, 6.07) is 12.4. The molecule has 1 heteroatoms. The zero-order valence-electron chi connectivity index (χ0n) is 7.35. The molecular weight excluding hydrogens is 158 g/mol. The first-order chi connectivity index (χ1) is 6.40. The number of nitrogens with zero attached hydrogens (tertiary/aromatic N) is 1. The van der Waals surface area contributed by atoms with E-state index in [-0.39, 0.29) is 0 Å². The van der Waals surface area contributed by atoms with E-state index in [9.17, 15) is 0 Å². The fraction of sp³-hybridized carbons (Fsp3) is 0. The van der Waals surface area contributed by atoms with Crippen LogP contribution in [-0.4, -0.2) is 4.57 Å². The molecule has 0 amide bonds. The molecule has 0 fully saturated rings. The van der Waals surface area contributed by atoms with Gasteiger partial charge < -0.3 is 4.57 Å². The quantitative estimate of drug-likeness (QED) is 0.650. The van der Waals surface area contributed by atoms with Gasteiger partial charge >= 0.3 is 0 Å². The number of aromatic nitrogens is 1. The second-order valence-corrected chi connectivity index (χ2v) is 2.90. The van der Waals surface area contributed by atoms with Crippen molar-refractivity contribution in [3.05, 3.63) is 55.4 Å². The van der Waals surface area contributed by atoms with Gasteiger partial charge in [0.05, 0.1) is 0 Å². The molecule has 1 aromatic carbocycles. The van der Waals surface area contributed by atoms with E-state index in [2.05, 4.69) is 31.0 Å². The van der Waals surface area contributed by atoms with Crippen molar-refractivity contribution in [1.29, 1.82) is 0 Å². The Kier molecular flexibility index (Phi) is 2.01. The predicted molar refractivity (Wildman–Crippen MR) is 56.3 cm³/mol. The standard InChI is InChI=1S/C12H11N/c1-2-13-9-8-12(10-13)11-6-4-3-5-7-11/h2-10H,1H2. The van der Waals surface area contributed by atoms with Crippen LogP contribution >= 0.6 is 0 Å². The molecule has 0 atom stereocenters. The first-order valence-corrected chi connectivity index (χ1v) is 4.25. The summed E-state index contributed by atoms with van der Waals surface area (Å²) in [6.45, 7) is 3.70. The van der Waals surface area contributed by atoms with Crippen LogP contribution in [0.3, 0.4) is 0 Å². The van der Waals surface area contributed by atoms with Crippen molar-refractivity contribution in [2.75, 3.05) is 0 Å². The monoisotopic (exact) mass is 169 g/mol. The smallest absolute Gasteiger partial charge is 0.0161 e. The molecule has 0 radical (unpaired) electrons. The Morgan fingerprint density at radius 2 is 1.77 bits per heavy atom. The molecule has 64 valence electrons. The topological polar surface area (TPSA) is 4.93 Å². The Balaban J connectivity index is 2.41. The summed E-state index contributed by atoms with van der Waals surface area (Å²) in [5.41, 5.74) is 2.46. The van der Waals surface area contributed by atoms with Gasteiger partial charge in [0, 0.05) is 18.6 Å². The highest BCUT2D eigenvalue weighted by Gasteiger charge is 1.96. The molecule has 1 heterocycles. The highest BCUT2D eigenvalue weighted by molar-refractivity contribution is 5.63. The van der Waals surface area contributed by atoms with Crippen LogP contribution in [0.2, 0.25) is 0 Å². The van der Waals surface area contributed by atoms with E-state index in [1.165, 1.54) is 11.1 Å². The van der Waals surface area contributed by atoms with Crippen molar-refractivity contribution >= 4 is 6.20 Å². The van der Waals surface area contributed by atoms with E-state index < -0.39 is 0 Å². The summed E-state index contributed by atoms with van der Waals surface area (Å²) >= 11 is 0. The molecule has 1 nitrogen and oxygen atoms in total. The minimum Gasteiger partial charge on any atom is -0.331 e. The lowest BCUT2D eigenvalue weighted by atomic mass is 10.1. The van der Waals surface area contributed by atoms with Crippen LogP contribution in [0.25, 0.3) is 17.3 Å². The highest BCUT2D eigenvalue weighted by atomic mass is 14.9. The maximum absolute atomic E-state index is 3.70. The first kappa shape index (κ1) is 7.87. The predicted octanol–water partition coefficient (Wildman–Crippen LogP) is 3.26. The second kappa shape index (κ2) is 3.31. The summed E-state index contributed by atoms with van der Waals surface area (Å²) in [4.78, 5) is 0. The van der Waals surface area contributed by atoms with Crippen LogP contribution in [0.5, 0.6) is 0 Å². The van der Waals surface area contributed by atoms with Crippen molar-refractivity contribution in [3.63, 3.8) is 0 Å². The summed E-state index contributed by atoms with van der Waals surface area (Å²) < 4.78 is 1.95. The third-order valence-electron chi connectivity index (χ3n) is 2.03. The molecule has 0 saturated heterocycles. The number of hydrogen-bond donors (Lipinski definition) is 0. The molecule has 2 aromatic rings. The van der Waals surface area contributed by atoms with Crippen LogP contribution in [0.15, 0.2) is 55.4 Å². The normalized spacial score (nSPS) is 9.85. The second-order valence-electron chi connectivity index (χ2n) is 2.90. The molecule has 0 aliphatic heterocycles. The molecule has 0 aliphatic rings. The van der Waals surface area contributed by atoms with Crippen molar-refractivity contribution in [3.8, 4) is 11.1 Å². The summed E-state index contributed by atoms with van der Waals surface area (Å²) in [7, 11) is 0. The lowest BCUT2D eigenvalue weighted by Gasteiger charge is -1.95. The molecule has 1 aromatic heterocycles. The fourth-order valence-corrected chi connectivity index (χ4v) is 1.33. The molecule has 0 N–H and O–H groups in total. The largest absolute Gasteiger partial charge is 0.331 e. The van der Waals surface area contributed by atoms with E-state index in [4.69, 9.17) is 0 Å². The maximum atomic E-state index is 3.70. The van der Waals surface area contributed by atoms with Crippen LogP contribution < -0.4 is 0 Å². The highest BCUT2D eigenvalue weighted by Crippen LogP contribution is 2.18. The zero-order valence-corrected chi connectivity index (χ0v) is 7.35. The molecule has 2 rings (SSSR count). The number of benzene rings is 1. The summed E-state index contributed by atoms with van der Waals surface area (Å²) in [6.07, 6.45) is 5.84. The van der Waals surface area contributed by atoms with Crippen LogP contribution in [0, 0.1) is 0 Å². The minimum absolute atomic E-state index is 1.22. The van der Waals surface area contributed by atoms with Gasteiger partial charge in [-0.15, -0.1) is 0 Å².